The molecule has 0 unspecified atom stereocenters. The molecule has 2 aromatic heterocycles. The van der Waals surface area contributed by atoms with Gasteiger partial charge in [-0.3, -0.25) is 0 Å². The number of thiazole rings is 1. The van der Waals surface area contributed by atoms with Crippen molar-refractivity contribution >= 4 is 38.6 Å². The van der Waals surface area contributed by atoms with Crippen molar-refractivity contribution in [1.29, 1.82) is 0 Å². The van der Waals surface area contributed by atoms with E-state index in [4.69, 9.17) is 5.73 Å². The van der Waals surface area contributed by atoms with E-state index in [-0.39, 0.29) is 0 Å². The molecule has 2 aromatic rings. The third-order valence-electron chi connectivity index (χ3n) is 2.09. The van der Waals surface area contributed by atoms with Crippen molar-refractivity contribution in [3.05, 3.63) is 26.5 Å². The largest absolute Gasteiger partial charge is 0.330 e. The lowest BCUT2D eigenvalue weighted by Gasteiger charge is -1.92. The lowest BCUT2D eigenvalue weighted by atomic mass is 10.3. The van der Waals surface area contributed by atoms with Crippen molar-refractivity contribution in [2.24, 2.45) is 5.73 Å². The molecule has 80 valence electrons. The van der Waals surface area contributed by atoms with Gasteiger partial charge in [0.15, 0.2) is 0 Å². The highest BCUT2D eigenvalue weighted by Crippen LogP contribution is 2.36. The van der Waals surface area contributed by atoms with Gasteiger partial charge in [-0.1, -0.05) is 0 Å². The topological polar surface area (TPSA) is 38.9 Å². The van der Waals surface area contributed by atoms with Crippen LogP contribution in [-0.2, 0) is 6.42 Å². The zero-order valence-electron chi connectivity index (χ0n) is 8.29. The number of hydrogen-bond acceptors (Lipinski definition) is 4. The molecular formula is C10H11BrN2S2. The third-order valence-corrected chi connectivity index (χ3v) is 5.09. The van der Waals surface area contributed by atoms with Crippen molar-refractivity contribution in [1.82, 2.24) is 4.98 Å². The predicted molar refractivity (Wildman–Crippen MR) is 70.6 cm³/mol. The SMILES string of the molecule is Cc1ccsc1-c1nc(CCN)c(Br)s1. The first-order valence-corrected chi connectivity index (χ1v) is 7.11. The highest BCUT2D eigenvalue weighted by Gasteiger charge is 2.12. The van der Waals surface area contributed by atoms with Crippen LogP contribution in [0.4, 0.5) is 0 Å². The van der Waals surface area contributed by atoms with Gasteiger partial charge in [-0.2, -0.15) is 0 Å². The number of halogens is 1. The first-order chi connectivity index (χ1) is 7.22. The molecule has 5 heteroatoms. The van der Waals surface area contributed by atoms with E-state index in [1.807, 2.05) is 0 Å². The van der Waals surface area contributed by atoms with Gasteiger partial charge in [-0.05, 0) is 46.4 Å². The van der Waals surface area contributed by atoms with E-state index >= 15 is 0 Å². The lowest BCUT2D eigenvalue weighted by Crippen LogP contribution is -2.03. The Morgan fingerprint density at radius 1 is 1.53 bits per heavy atom. The summed E-state index contributed by atoms with van der Waals surface area (Å²) in [6.45, 7) is 2.76. The average molecular weight is 303 g/mol. The highest BCUT2D eigenvalue weighted by atomic mass is 79.9. The van der Waals surface area contributed by atoms with Crippen LogP contribution < -0.4 is 5.73 Å². The summed E-state index contributed by atoms with van der Waals surface area (Å²) in [4.78, 5) is 5.87. The maximum Gasteiger partial charge on any atom is 0.135 e. The molecule has 0 aliphatic rings. The van der Waals surface area contributed by atoms with E-state index in [2.05, 4.69) is 39.3 Å². The quantitative estimate of drug-likeness (QED) is 0.943. The van der Waals surface area contributed by atoms with E-state index in [1.165, 1.54) is 10.4 Å². The zero-order chi connectivity index (χ0) is 10.8. The smallest absolute Gasteiger partial charge is 0.135 e. The summed E-state index contributed by atoms with van der Waals surface area (Å²) < 4.78 is 1.11. The van der Waals surface area contributed by atoms with Gasteiger partial charge >= 0.3 is 0 Å². The van der Waals surface area contributed by atoms with Crippen LogP contribution in [0.1, 0.15) is 11.3 Å². The molecule has 0 aromatic carbocycles. The monoisotopic (exact) mass is 302 g/mol. The summed E-state index contributed by atoms with van der Waals surface area (Å²) in [5.74, 6) is 0. The summed E-state index contributed by atoms with van der Waals surface area (Å²) in [6.07, 6.45) is 0.835. The molecule has 0 spiro atoms. The Morgan fingerprint density at radius 3 is 2.93 bits per heavy atom. The Hall–Kier alpha value is -0.230. The third kappa shape index (κ3) is 2.30. The minimum absolute atomic E-state index is 0.644. The van der Waals surface area contributed by atoms with E-state index in [0.29, 0.717) is 6.54 Å². The van der Waals surface area contributed by atoms with Crippen molar-refractivity contribution < 1.29 is 0 Å². The maximum absolute atomic E-state index is 5.53. The molecule has 15 heavy (non-hydrogen) atoms. The molecule has 0 radical (unpaired) electrons. The van der Waals surface area contributed by atoms with Gasteiger partial charge in [0.05, 0.1) is 14.4 Å². The van der Waals surface area contributed by atoms with Crippen LogP contribution in [0.3, 0.4) is 0 Å². The van der Waals surface area contributed by atoms with Crippen LogP contribution in [-0.4, -0.2) is 11.5 Å². The Morgan fingerprint density at radius 2 is 2.33 bits per heavy atom. The first kappa shape index (κ1) is 11.3. The lowest BCUT2D eigenvalue weighted by molar-refractivity contribution is 0.932. The number of rotatable bonds is 3. The van der Waals surface area contributed by atoms with Crippen molar-refractivity contribution in [2.75, 3.05) is 6.54 Å². The minimum atomic E-state index is 0.644. The molecule has 0 saturated carbocycles. The molecule has 0 fully saturated rings. The molecule has 2 N–H and O–H groups in total. The molecule has 0 amide bonds. The van der Waals surface area contributed by atoms with Crippen LogP contribution in [0.25, 0.3) is 9.88 Å². The summed E-state index contributed by atoms with van der Waals surface area (Å²) in [5.41, 5.74) is 7.90. The van der Waals surface area contributed by atoms with E-state index in [0.717, 1.165) is 20.9 Å². The van der Waals surface area contributed by atoms with Crippen LogP contribution in [0.5, 0.6) is 0 Å². The minimum Gasteiger partial charge on any atom is -0.330 e. The maximum atomic E-state index is 5.53. The normalized spacial score (nSPS) is 10.9. The van der Waals surface area contributed by atoms with E-state index in [9.17, 15) is 0 Å². The standard InChI is InChI=1S/C10H11BrN2S2/c1-6-3-5-14-8(6)10-13-7(2-4-12)9(11)15-10/h3,5H,2,4,12H2,1H3. The van der Waals surface area contributed by atoms with Crippen LogP contribution in [0.15, 0.2) is 15.2 Å². The van der Waals surface area contributed by atoms with Gasteiger partial charge in [-0.15, -0.1) is 22.7 Å². The Bertz CT molecular complexity index is 462. The number of aryl methyl sites for hydroxylation is 1. The van der Waals surface area contributed by atoms with Gasteiger partial charge in [0.1, 0.15) is 5.01 Å². The van der Waals surface area contributed by atoms with E-state index in [1.54, 1.807) is 22.7 Å². The summed E-state index contributed by atoms with van der Waals surface area (Å²) in [6, 6.07) is 2.12. The number of nitrogens with two attached hydrogens (primary N) is 1. The Kier molecular flexibility index (Phi) is 3.56. The van der Waals surface area contributed by atoms with Crippen LogP contribution >= 0.6 is 38.6 Å². The van der Waals surface area contributed by atoms with Gasteiger partial charge in [0.2, 0.25) is 0 Å². The number of hydrogen-bond donors (Lipinski definition) is 1. The molecule has 0 aliphatic carbocycles. The summed E-state index contributed by atoms with van der Waals surface area (Å²) >= 11 is 6.96. The van der Waals surface area contributed by atoms with Gasteiger partial charge in [-0.25, -0.2) is 4.98 Å². The van der Waals surface area contributed by atoms with Crippen LogP contribution in [0.2, 0.25) is 0 Å². The molecule has 2 heterocycles. The van der Waals surface area contributed by atoms with Gasteiger partial charge in [0, 0.05) is 6.42 Å². The van der Waals surface area contributed by atoms with Crippen molar-refractivity contribution in [2.45, 2.75) is 13.3 Å². The second kappa shape index (κ2) is 4.74. The number of aromatic nitrogens is 1. The van der Waals surface area contributed by atoms with Gasteiger partial charge < -0.3 is 5.73 Å². The second-order valence-electron chi connectivity index (χ2n) is 3.21. The molecule has 2 nitrogen and oxygen atoms in total. The fraction of sp³-hybridized carbons (Fsp3) is 0.300. The number of nitrogens with zero attached hydrogens (tertiary/aromatic N) is 1. The van der Waals surface area contributed by atoms with Crippen molar-refractivity contribution in [3.63, 3.8) is 0 Å². The highest BCUT2D eigenvalue weighted by molar-refractivity contribution is 9.11. The molecular weight excluding hydrogens is 292 g/mol. The zero-order valence-corrected chi connectivity index (χ0v) is 11.5. The Labute approximate surface area is 105 Å². The molecule has 2 rings (SSSR count). The van der Waals surface area contributed by atoms with Gasteiger partial charge in [0.25, 0.3) is 0 Å². The molecule has 0 atom stereocenters. The first-order valence-electron chi connectivity index (χ1n) is 4.62. The molecule has 0 saturated heterocycles. The van der Waals surface area contributed by atoms with Crippen molar-refractivity contribution in [3.8, 4) is 9.88 Å². The number of thiophene rings is 1. The predicted octanol–water partition coefficient (Wildman–Crippen LogP) is 3.44. The Balaban J connectivity index is 2.38. The fourth-order valence-electron chi connectivity index (χ4n) is 1.31. The summed E-state index contributed by atoms with van der Waals surface area (Å²) in [7, 11) is 0. The fourth-order valence-corrected chi connectivity index (χ4v) is 3.98. The van der Waals surface area contributed by atoms with E-state index < -0.39 is 0 Å². The average Bonchev–Trinajstić information content (AvgIpc) is 2.75. The van der Waals surface area contributed by atoms with Crippen LogP contribution in [0, 0.1) is 6.92 Å². The molecule has 0 aliphatic heterocycles. The summed E-state index contributed by atoms with van der Waals surface area (Å²) in [5, 5.41) is 3.19. The molecule has 0 bridgehead atoms. The second-order valence-corrected chi connectivity index (χ2v) is 6.44.